The Labute approximate surface area is 122 Å². The Balaban J connectivity index is 1.78. The summed E-state index contributed by atoms with van der Waals surface area (Å²) in [6.07, 6.45) is 3.91. The first-order valence-corrected chi connectivity index (χ1v) is 8.57. The van der Waals surface area contributed by atoms with Crippen LogP contribution < -0.4 is 5.32 Å². The van der Waals surface area contributed by atoms with E-state index in [4.69, 9.17) is 0 Å². The van der Waals surface area contributed by atoms with Gasteiger partial charge in [-0.15, -0.1) is 11.3 Å². The molecule has 2 heterocycles. The Morgan fingerprint density at radius 1 is 1.37 bits per heavy atom. The first-order chi connectivity index (χ1) is 9.22. The van der Waals surface area contributed by atoms with Gasteiger partial charge in [-0.1, -0.05) is 13.8 Å². The van der Waals surface area contributed by atoms with E-state index < -0.39 is 0 Å². The van der Waals surface area contributed by atoms with E-state index in [1.54, 1.807) is 0 Å². The molecule has 2 nitrogen and oxygen atoms in total. The van der Waals surface area contributed by atoms with E-state index >= 15 is 0 Å². The number of nitrogens with one attached hydrogen (secondary N) is 1. The van der Waals surface area contributed by atoms with Gasteiger partial charge in [0.2, 0.25) is 0 Å². The maximum absolute atomic E-state index is 3.73. The van der Waals surface area contributed by atoms with E-state index in [9.17, 15) is 0 Å². The van der Waals surface area contributed by atoms with Gasteiger partial charge in [-0.05, 0) is 57.3 Å². The summed E-state index contributed by atoms with van der Waals surface area (Å²) in [6, 6.07) is 5.18. The predicted octanol–water partition coefficient (Wildman–Crippen LogP) is 3.52. The van der Waals surface area contributed by atoms with Crippen LogP contribution in [-0.2, 0) is 13.0 Å². The van der Waals surface area contributed by atoms with Gasteiger partial charge >= 0.3 is 0 Å². The lowest BCUT2D eigenvalue weighted by Gasteiger charge is -2.35. The van der Waals surface area contributed by atoms with Crippen molar-refractivity contribution in [1.82, 2.24) is 10.2 Å². The van der Waals surface area contributed by atoms with Crippen LogP contribution in [0.4, 0.5) is 0 Å². The predicted molar refractivity (Wildman–Crippen MR) is 84.8 cm³/mol. The first-order valence-electron chi connectivity index (χ1n) is 7.76. The van der Waals surface area contributed by atoms with E-state index in [1.165, 1.54) is 42.2 Å². The molecule has 1 N–H and O–H groups in total. The average Bonchev–Trinajstić information content (AvgIpc) is 2.93. The lowest BCUT2D eigenvalue weighted by Crippen LogP contribution is -2.44. The molecule has 0 bridgehead atoms. The number of likely N-dealkylation sites (tertiary alicyclic amines) is 1. The van der Waals surface area contributed by atoms with Crippen molar-refractivity contribution >= 4 is 11.3 Å². The summed E-state index contributed by atoms with van der Waals surface area (Å²) in [4.78, 5) is 5.57. The minimum atomic E-state index is 0.626. The highest BCUT2D eigenvalue weighted by Crippen LogP contribution is 2.21. The van der Waals surface area contributed by atoms with Crippen LogP contribution in [-0.4, -0.2) is 30.6 Å². The highest BCUT2D eigenvalue weighted by molar-refractivity contribution is 7.11. The lowest BCUT2D eigenvalue weighted by molar-refractivity contribution is 0.157. The van der Waals surface area contributed by atoms with E-state index in [0.717, 1.165) is 18.9 Å². The van der Waals surface area contributed by atoms with Gasteiger partial charge in [-0.2, -0.15) is 0 Å². The topological polar surface area (TPSA) is 15.3 Å². The molecular formula is C16H28N2S. The monoisotopic (exact) mass is 280 g/mol. The highest BCUT2D eigenvalue weighted by Gasteiger charge is 2.23. The molecule has 1 aromatic heterocycles. The molecule has 1 aromatic rings. The van der Waals surface area contributed by atoms with Gasteiger partial charge < -0.3 is 10.2 Å². The summed E-state index contributed by atoms with van der Waals surface area (Å²) < 4.78 is 0. The van der Waals surface area contributed by atoms with Crippen molar-refractivity contribution in [2.45, 2.75) is 52.6 Å². The molecule has 0 spiro atoms. The third kappa shape index (κ3) is 4.30. The molecule has 1 fully saturated rings. The summed E-state index contributed by atoms with van der Waals surface area (Å²) in [6.45, 7) is 11.7. The van der Waals surface area contributed by atoms with Crippen LogP contribution in [0.1, 0.15) is 43.4 Å². The van der Waals surface area contributed by atoms with Crippen LogP contribution in [0.15, 0.2) is 12.1 Å². The number of thiophene rings is 1. The third-order valence-electron chi connectivity index (χ3n) is 4.36. The molecule has 0 amide bonds. The quantitative estimate of drug-likeness (QED) is 0.857. The van der Waals surface area contributed by atoms with E-state index in [1.807, 2.05) is 11.3 Å². The van der Waals surface area contributed by atoms with Gasteiger partial charge in [0.05, 0.1) is 0 Å². The second-order valence-electron chi connectivity index (χ2n) is 5.69. The van der Waals surface area contributed by atoms with Crippen molar-refractivity contribution in [3.8, 4) is 0 Å². The zero-order valence-electron chi connectivity index (χ0n) is 12.6. The fraction of sp³-hybridized carbons (Fsp3) is 0.750. The smallest absolute Gasteiger partial charge is 0.0302 e. The molecule has 2 rings (SSSR count). The fourth-order valence-electron chi connectivity index (χ4n) is 2.92. The molecule has 1 aliphatic heterocycles. The first kappa shape index (κ1) is 15.0. The number of aryl methyl sites for hydroxylation is 1. The van der Waals surface area contributed by atoms with Crippen molar-refractivity contribution in [2.75, 3.05) is 19.6 Å². The van der Waals surface area contributed by atoms with Gasteiger partial charge in [-0.3, -0.25) is 0 Å². The Hall–Kier alpha value is -0.380. The minimum Gasteiger partial charge on any atom is -0.309 e. The van der Waals surface area contributed by atoms with E-state index in [-0.39, 0.29) is 0 Å². The third-order valence-corrected chi connectivity index (χ3v) is 5.59. The van der Waals surface area contributed by atoms with Crippen molar-refractivity contribution in [3.05, 3.63) is 21.9 Å². The second-order valence-corrected chi connectivity index (χ2v) is 6.94. The van der Waals surface area contributed by atoms with Gasteiger partial charge in [0.15, 0.2) is 0 Å². The normalized spacial score (nSPS) is 22.6. The summed E-state index contributed by atoms with van der Waals surface area (Å²) in [5.74, 6) is 0.819. The molecule has 1 aliphatic rings. The zero-order valence-corrected chi connectivity index (χ0v) is 13.4. The number of rotatable bonds is 6. The summed E-state index contributed by atoms with van der Waals surface area (Å²) in [5, 5.41) is 3.73. The number of nitrogens with zero attached hydrogens (tertiary/aromatic N) is 1. The Bertz CT molecular complexity index is 375. The van der Waals surface area contributed by atoms with Crippen LogP contribution >= 0.6 is 11.3 Å². The second kappa shape index (κ2) is 7.41. The van der Waals surface area contributed by atoms with Gasteiger partial charge in [0.1, 0.15) is 0 Å². The van der Waals surface area contributed by atoms with Gasteiger partial charge in [-0.25, -0.2) is 0 Å². The number of hydrogen-bond donors (Lipinski definition) is 1. The molecule has 19 heavy (non-hydrogen) atoms. The molecule has 0 aliphatic carbocycles. The summed E-state index contributed by atoms with van der Waals surface area (Å²) >= 11 is 1.95. The molecule has 2 atom stereocenters. The molecule has 0 radical (unpaired) electrons. The van der Waals surface area contributed by atoms with Crippen LogP contribution in [0.3, 0.4) is 0 Å². The molecule has 0 saturated carbocycles. The van der Waals surface area contributed by atoms with Crippen molar-refractivity contribution in [3.63, 3.8) is 0 Å². The Morgan fingerprint density at radius 3 is 2.84 bits per heavy atom. The molecule has 2 unspecified atom stereocenters. The zero-order chi connectivity index (χ0) is 13.7. The van der Waals surface area contributed by atoms with Gasteiger partial charge in [0, 0.05) is 28.9 Å². The van der Waals surface area contributed by atoms with Crippen molar-refractivity contribution in [1.29, 1.82) is 0 Å². The molecule has 0 aromatic carbocycles. The molecule has 1 saturated heterocycles. The van der Waals surface area contributed by atoms with E-state index in [2.05, 4.69) is 43.1 Å². The standard InChI is InChI=1S/C16H28N2S/c1-4-15-8-9-16(19-15)11-17-13(3)14-7-6-10-18(5-2)12-14/h8-9,13-14,17H,4-7,10-12H2,1-3H3. The minimum absolute atomic E-state index is 0.626. The Morgan fingerprint density at radius 2 is 2.16 bits per heavy atom. The summed E-state index contributed by atoms with van der Waals surface area (Å²) in [7, 11) is 0. The number of hydrogen-bond acceptors (Lipinski definition) is 3. The van der Waals surface area contributed by atoms with Crippen LogP contribution in [0.2, 0.25) is 0 Å². The highest BCUT2D eigenvalue weighted by atomic mass is 32.1. The van der Waals surface area contributed by atoms with Crippen molar-refractivity contribution < 1.29 is 0 Å². The molecule has 108 valence electrons. The lowest BCUT2D eigenvalue weighted by atomic mass is 9.91. The largest absolute Gasteiger partial charge is 0.309 e. The van der Waals surface area contributed by atoms with Crippen LogP contribution in [0.5, 0.6) is 0 Å². The van der Waals surface area contributed by atoms with Gasteiger partial charge in [0.25, 0.3) is 0 Å². The SMILES string of the molecule is CCc1ccc(CNC(C)C2CCCN(CC)C2)s1. The van der Waals surface area contributed by atoms with E-state index in [0.29, 0.717) is 6.04 Å². The average molecular weight is 280 g/mol. The van der Waals surface area contributed by atoms with Crippen LogP contribution in [0.25, 0.3) is 0 Å². The maximum atomic E-state index is 3.73. The molecular weight excluding hydrogens is 252 g/mol. The van der Waals surface area contributed by atoms with Crippen molar-refractivity contribution in [2.24, 2.45) is 5.92 Å². The molecule has 3 heteroatoms. The Kier molecular flexibility index (Phi) is 5.86. The van der Waals surface area contributed by atoms with Crippen LogP contribution in [0, 0.1) is 5.92 Å². The fourth-order valence-corrected chi connectivity index (χ4v) is 3.83. The number of piperidine rings is 1. The summed E-state index contributed by atoms with van der Waals surface area (Å²) in [5.41, 5.74) is 0. The maximum Gasteiger partial charge on any atom is 0.0302 e.